The fourth-order valence-electron chi connectivity index (χ4n) is 2.56. The smallest absolute Gasteiger partial charge is 0.124 e. The molecule has 1 aliphatic rings. The van der Waals surface area contributed by atoms with Crippen LogP contribution in [0.5, 0.6) is 5.75 Å². The largest absolute Gasteiger partial charge is 0.493 e. The van der Waals surface area contributed by atoms with E-state index in [2.05, 4.69) is 24.4 Å². The first kappa shape index (κ1) is 13.4. The summed E-state index contributed by atoms with van der Waals surface area (Å²) in [7, 11) is 1.77. The molecule has 0 aromatic heterocycles. The van der Waals surface area contributed by atoms with Gasteiger partial charge in [0.2, 0.25) is 0 Å². The molecule has 2 unspecified atom stereocenters. The minimum Gasteiger partial charge on any atom is -0.493 e. The van der Waals surface area contributed by atoms with Crippen molar-refractivity contribution < 1.29 is 9.47 Å². The lowest BCUT2D eigenvalue weighted by Crippen LogP contribution is -2.38. The zero-order valence-electron chi connectivity index (χ0n) is 11.3. The van der Waals surface area contributed by atoms with E-state index in [1.54, 1.807) is 7.11 Å². The van der Waals surface area contributed by atoms with Crippen molar-refractivity contribution in [1.29, 1.82) is 0 Å². The zero-order valence-corrected chi connectivity index (χ0v) is 11.3. The lowest BCUT2D eigenvalue weighted by Gasteiger charge is -2.30. The number of benzene rings is 1. The molecular weight excluding hydrogens is 226 g/mol. The van der Waals surface area contributed by atoms with Crippen molar-refractivity contribution >= 4 is 0 Å². The Morgan fingerprint density at radius 2 is 2.28 bits per heavy atom. The number of para-hydroxylation sites is 1. The summed E-state index contributed by atoms with van der Waals surface area (Å²) in [6, 6.07) is 9.13. The second-order valence-corrected chi connectivity index (χ2v) is 4.84. The maximum absolute atomic E-state index is 5.68. The average molecular weight is 249 g/mol. The van der Waals surface area contributed by atoms with Crippen LogP contribution in [-0.2, 0) is 4.74 Å². The maximum atomic E-state index is 5.68. The number of nitrogens with one attached hydrogen (secondary N) is 1. The van der Waals surface area contributed by atoms with Gasteiger partial charge in [-0.2, -0.15) is 0 Å². The van der Waals surface area contributed by atoms with E-state index in [4.69, 9.17) is 9.47 Å². The molecule has 0 fully saturated rings. The molecule has 0 amide bonds. The van der Waals surface area contributed by atoms with Crippen LogP contribution in [0.3, 0.4) is 0 Å². The molecule has 3 nitrogen and oxygen atoms in total. The standard InChI is InChI=1S/C15H23NO2/c1-3-6-12(11-17-2)16-14-9-10-18-15-8-5-4-7-13(14)15/h4-5,7-8,12,14,16H,3,6,9-11H2,1-2H3. The fourth-order valence-corrected chi connectivity index (χ4v) is 2.56. The molecule has 1 heterocycles. The Labute approximate surface area is 109 Å². The van der Waals surface area contributed by atoms with Gasteiger partial charge in [-0.3, -0.25) is 0 Å². The summed E-state index contributed by atoms with van der Waals surface area (Å²) < 4.78 is 11.0. The molecule has 0 saturated carbocycles. The summed E-state index contributed by atoms with van der Waals surface area (Å²) in [5, 5.41) is 3.71. The number of fused-ring (bicyclic) bond motifs is 1. The van der Waals surface area contributed by atoms with Crippen molar-refractivity contribution in [1.82, 2.24) is 5.32 Å². The number of hydrogen-bond donors (Lipinski definition) is 1. The van der Waals surface area contributed by atoms with E-state index in [0.717, 1.165) is 31.8 Å². The Hall–Kier alpha value is -1.06. The second-order valence-electron chi connectivity index (χ2n) is 4.84. The van der Waals surface area contributed by atoms with Gasteiger partial charge in [0.25, 0.3) is 0 Å². The Morgan fingerprint density at radius 1 is 1.44 bits per heavy atom. The summed E-state index contributed by atoms with van der Waals surface area (Å²) in [6.45, 7) is 3.77. The van der Waals surface area contributed by atoms with Crippen molar-refractivity contribution in [3.8, 4) is 5.75 Å². The zero-order chi connectivity index (χ0) is 12.8. The van der Waals surface area contributed by atoms with Gasteiger partial charge in [-0.15, -0.1) is 0 Å². The van der Waals surface area contributed by atoms with Gasteiger partial charge in [0.1, 0.15) is 5.75 Å². The highest BCUT2D eigenvalue weighted by molar-refractivity contribution is 5.37. The van der Waals surface area contributed by atoms with Crippen LogP contribution in [0.15, 0.2) is 24.3 Å². The fraction of sp³-hybridized carbons (Fsp3) is 0.600. The van der Waals surface area contributed by atoms with Crippen LogP contribution in [-0.4, -0.2) is 26.4 Å². The van der Waals surface area contributed by atoms with Gasteiger partial charge in [-0.1, -0.05) is 31.5 Å². The third-order valence-electron chi connectivity index (χ3n) is 3.40. The van der Waals surface area contributed by atoms with Gasteiger partial charge in [-0.05, 0) is 12.5 Å². The molecular formula is C15H23NO2. The lowest BCUT2D eigenvalue weighted by molar-refractivity contribution is 0.148. The molecule has 1 aliphatic heterocycles. The summed E-state index contributed by atoms with van der Waals surface area (Å²) in [6.07, 6.45) is 3.35. The highest BCUT2D eigenvalue weighted by atomic mass is 16.5. The van der Waals surface area contributed by atoms with E-state index >= 15 is 0 Å². The third-order valence-corrected chi connectivity index (χ3v) is 3.40. The molecule has 0 saturated heterocycles. The van der Waals surface area contributed by atoms with Crippen molar-refractivity contribution in [2.45, 2.75) is 38.3 Å². The SMILES string of the molecule is CCCC(COC)NC1CCOc2ccccc21. The van der Waals surface area contributed by atoms with E-state index in [-0.39, 0.29) is 0 Å². The summed E-state index contributed by atoms with van der Waals surface area (Å²) >= 11 is 0. The number of ether oxygens (including phenoxy) is 2. The topological polar surface area (TPSA) is 30.5 Å². The number of methoxy groups -OCH3 is 1. The van der Waals surface area contributed by atoms with E-state index in [1.807, 2.05) is 12.1 Å². The minimum absolute atomic E-state index is 0.390. The highest BCUT2D eigenvalue weighted by Gasteiger charge is 2.23. The summed E-state index contributed by atoms with van der Waals surface area (Å²) in [5.41, 5.74) is 1.28. The van der Waals surface area contributed by atoms with E-state index in [1.165, 1.54) is 12.0 Å². The van der Waals surface area contributed by atoms with Crippen LogP contribution in [0.2, 0.25) is 0 Å². The van der Waals surface area contributed by atoms with Crippen LogP contribution in [0.25, 0.3) is 0 Å². The Balaban J connectivity index is 2.05. The van der Waals surface area contributed by atoms with Crippen molar-refractivity contribution in [2.75, 3.05) is 20.3 Å². The highest BCUT2D eigenvalue weighted by Crippen LogP contribution is 2.31. The van der Waals surface area contributed by atoms with Gasteiger partial charge in [-0.25, -0.2) is 0 Å². The first-order valence-electron chi connectivity index (χ1n) is 6.81. The summed E-state index contributed by atoms with van der Waals surface area (Å²) in [5.74, 6) is 1.02. The number of rotatable bonds is 6. The molecule has 18 heavy (non-hydrogen) atoms. The molecule has 0 spiro atoms. The van der Waals surface area contributed by atoms with E-state index in [9.17, 15) is 0 Å². The molecule has 100 valence electrons. The molecule has 1 aromatic carbocycles. The minimum atomic E-state index is 0.390. The summed E-state index contributed by atoms with van der Waals surface area (Å²) in [4.78, 5) is 0. The first-order valence-corrected chi connectivity index (χ1v) is 6.81. The average Bonchev–Trinajstić information content (AvgIpc) is 2.40. The molecule has 0 radical (unpaired) electrons. The van der Waals surface area contributed by atoms with E-state index in [0.29, 0.717) is 12.1 Å². The predicted octanol–water partition coefficient (Wildman–Crippen LogP) is 2.91. The molecule has 1 N–H and O–H groups in total. The monoisotopic (exact) mass is 249 g/mol. The molecule has 0 bridgehead atoms. The van der Waals surface area contributed by atoms with Crippen LogP contribution in [0.4, 0.5) is 0 Å². The Bertz CT molecular complexity index is 361. The van der Waals surface area contributed by atoms with Gasteiger partial charge in [0, 0.05) is 31.2 Å². The Morgan fingerprint density at radius 3 is 3.06 bits per heavy atom. The van der Waals surface area contributed by atoms with Crippen LogP contribution < -0.4 is 10.1 Å². The lowest BCUT2D eigenvalue weighted by atomic mass is 9.99. The maximum Gasteiger partial charge on any atom is 0.124 e. The second kappa shape index (κ2) is 6.76. The van der Waals surface area contributed by atoms with Crippen molar-refractivity contribution in [2.24, 2.45) is 0 Å². The van der Waals surface area contributed by atoms with Crippen molar-refractivity contribution in [3.63, 3.8) is 0 Å². The van der Waals surface area contributed by atoms with Crippen LogP contribution in [0.1, 0.15) is 37.8 Å². The molecule has 0 aliphatic carbocycles. The Kier molecular flexibility index (Phi) is 5.02. The quantitative estimate of drug-likeness (QED) is 0.841. The normalized spacial score (nSPS) is 20.0. The van der Waals surface area contributed by atoms with E-state index < -0.39 is 0 Å². The molecule has 1 aromatic rings. The first-order chi connectivity index (χ1) is 8.85. The molecule has 2 rings (SSSR count). The molecule has 2 atom stereocenters. The van der Waals surface area contributed by atoms with Gasteiger partial charge in [0.15, 0.2) is 0 Å². The van der Waals surface area contributed by atoms with Crippen molar-refractivity contribution in [3.05, 3.63) is 29.8 Å². The van der Waals surface area contributed by atoms with Gasteiger partial charge >= 0.3 is 0 Å². The molecule has 3 heteroatoms. The van der Waals surface area contributed by atoms with Gasteiger partial charge < -0.3 is 14.8 Å². The van der Waals surface area contributed by atoms with Gasteiger partial charge in [0.05, 0.1) is 13.2 Å². The van der Waals surface area contributed by atoms with Crippen LogP contribution >= 0.6 is 0 Å². The predicted molar refractivity (Wildman–Crippen MR) is 73.0 cm³/mol. The third kappa shape index (κ3) is 3.24. The van der Waals surface area contributed by atoms with Crippen LogP contribution in [0, 0.1) is 0 Å². The number of hydrogen-bond acceptors (Lipinski definition) is 3.